The van der Waals surface area contributed by atoms with Crippen molar-refractivity contribution in [2.45, 2.75) is 50.7 Å². The van der Waals surface area contributed by atoms with Crippen LogP contribution in [0.5, 0.6) is 11.5 Å². The Hall–Kier alpha value is -1.22. The molecular weight excluding hydrogens is 240 g/mol. The van der Waals surface area contributed by atoms with Crippen molar-refractivity contribution in [2.75, 3.05) is 7.11 Å². The highest BCUT2D eigenvalue weighted by Crippen LogP contribution is 2.48. The number of aliphatic hydroxyl groups excluding tert-OH is 1. The third-order valence-corrected chi connectivity index (χ3v) is 4.52. The molecule has 0 saturated heterocycles. The minimum atomic E-state index is -0.417. The number of fused-ring (bicyclic) bond motifs is 1. The quantitative estimate of drug-likeness (QED) is 0.842. The molecule has 1 aliphatic heterocycles. The van der Waals surface area contributed by atoms with E-state index >= 15 is 0 Å². The number of aliphatic hydroxyl groups is 1. The van der Waals surface area contributed by atoms with Gasteiger partial charge in [-0.1, -0.05) is 13.3 Å². The summed E-state index contributed by atoms with van der Waals surface area (Å²) in [4.78, 5) is 0. The number of hydrogen-bond donors (Lipinski definition) is 1. The van der Waals surface area contributed by atoms with E-state index in [2.05, 4.69) is 6.92 Å². The van der Waals surface area contributed by atoms with Gasteiger partial charge in [0.05, 0.1) is 13.2 Å². The number of rotatable bonds is 1. The topological polar surface area (TPSA) is 38.7 Å². The van der Waals surface area contributed by atoms with Crippen molar-refractivity contribution in [3.05, 3.63) is 23.8 Å². The summed E-state index contributed by atoms with van der Waals surface area (Å²) >= 11 is 0. The molecule has 19 heavy (non-hydrogen) atoms. The second kappa shape index (κ2) is 4.71. The van der Waals surface area contributed by atoms with Gasteiger partial charge in [-0.2, -0.15) is 0 Å². The van der Waals surface area contributed by atoms with Gasteiger partial charge in [-0.05, 0) is 37.3 Å². The lowest BCUT2D eigenvalue weighted by Crippen LogP contribution is -2.44. The molecule has 2 aliphatic rings. The molecule has 2 unspecified atom stereocenters. The Bertz CT molecular complexity index is 471. The molecule has 104 valence electrons. The maximum absolute atomic E-state index is 10.4. The first kappa shape index (κ1) is 12.8. The monoisotopic (exact) mass is 262 g/mol. The Labute approximate surface area is 114 Å². The van der Waals surface area contributed by atoms with Crippen LogP contribution in [-0.2, 0) is 0 Å². The minimum Gasteiger partial charge on any atom is -0.497 e. The van der Waals surface area contributed by atoms with E-state index in [1.165, 1.54) is 12.8 Å². The van der Waals surface area contributed by atoms with Gasteiger partial charge in [-0.15, -0.1) is 0 Å². The predicted octanol–water partition coefficient (Wildman–Crippen LogP) is 3.46. The van der Waals surface area contributed by atoms with Crippen LogP contribution in [0.25, 0.3) is 0 Å². The van der Waals surface area contributed by atoms with Crippen LogP contribution < -0.4 is 9.47 Å². The smallest absolute Gasteiger partial charge is 0.129 e. The zero-order chi connectivity index (χ0) is 13.5. The van der Waals surface area contributed by atoms with Gasteiger partial charge in [-0.25, -0.2) is 0 Å². The highest BCUT2D eigenvalue weighted by Gasteiger charge is 2.43. The molecule has 1 saturated carbocycles. The van der Waals surface area contributed by atoms with Gasteiger partial charge in [0.15, 0.2) is 0 Å². The van der Waals surface area contributed by atoms with E-state index in [4.69, 9.17) is 9.47 Å². The van der Waals surface area contributed by atoms with Crippen LogP contribution in [0.15, 0.2) is 18.2 Å². The fourth-order valence-corrected chi connectivity index (χ4v) is 3.63. The van der Waals surface area contributed by atoms with E-state index in [1.54, 1.807) is 7.11 Å². The summed E-state index contributed by atoms with van der Waals surface area (Å²) in [5, 5.41) is 10.4. The molecule has 0 bridgehead atoms. The van der Waals surface area contributed by atoms with Crippen molar-refractivity contribution in [3.8, 4) is 11.5 Å². The second-order valence-corrected chi connectivity index (χ2v) is 6.11. The molecule has 1 heterocycles. The van der Waals surface area contributed by atoms with E-state index in [0.717, 1.165) is 36.3 Å². The SMILES string of the molecule is COc1ccc2c(c1)OC1(CCCC(C)C1)C[C@@H]2O. The summed E-state index contributed by atoms with van der Waals surface area (Å²) in [6.45, 7) is 2.28. The van der Waals surface area contributed by atoms with Crippen LogP contribution in [0, 0.1) is 5.92 Å². The summed E-state index contributed by atoms with van der Waals surface area (Å²) < 4.78 is 11.6. The summed E-state index contributed by atoms with van der Waals surface area (Å²) in [5.74, 6) is 2.26. The zero-order valence-electron chi connectivity index (χ0n) is 11.7. The number of hydrogen-bond acceptors (Lipinski definition) is 3. The number of methoxy groups -OCH3 is 1. The molecule has 3 heteroatoms. The van der Waals surface area contributed by atoms with Crippen molar-refractivity contribution < 1.29 is 14.6 Å². The van der Waals surface area contributed by atoms with E-state index < -0.39 is 6.10 Å². The zero-order valence-corrected chi connectivity index (χ0v) is 11.7. The van der Waals surface area contributed by atoms with Crippen molar-refractivity contribution in [3.63, 3.8) is 0 Å². The molecule has 3 rings (SSSR count). The molecule has 1 spiro atoms. The standard InChI is InChI=1S/C16H22O3/c1-11-4-3-7-16(9-11)10-14(17)13-6-5-12(18-2)8-15(13)19-16/h5-6,8,11,14,17H,3-4,7,9-10H2,1-2H3/t11?,14-,16?/m0/s1. The van der Waals surface area contributed by atoms with Gasteiger partial charge in [0, 0.05) is 18.1 Å². The first-order chi connectivity index (χ1) is 9.12. The van der Waals surface area contributed by atoms with E-state index in [1.807, 2.05) is 18.2 Å². The lowest BCUT2D eigenvalue weighted by Gasteiger charge is -2.45. The van der Waals surface area contributed by atoms with Crippen LogP contribution in [0.2, 0.25) is 0 Å². The molecule has 1 N–H and O–H groups in total. The van der Waals surface area contributed by atoms with Crippen molar-refractivity contribution in [2.24, 2.45) is 5.92 Å². The normalized spacial score (nSPS) is 33.6. The highest BCUT2D eigenvalue weighted by atomic mass is 16.5. The Balaban J connectivity index is 1.93. The van der Waals surface area contributed by atoms with Gasteiger partial charge >= 0.3 is 0 Å². The summed E-state index contributed by atoms with van der Waals surface area (Å²) in [6, 6.07) is 5.70. The van der Waals surface area contributed by atoms with Gasteiger partial charge in [-0.3, -0.25) is 0 Å². The van der Waals surface area contributed by atoms with Gasteiger partial charge < -0.3 is 14.6 Å². The molecule has 0 amide bonds. The first-order valence-corrected chi connectivity index (χ1v) is 7.17. The Morgan fingerprint density at radius 2 is 2.21 bits per heavy atom. The Morgan fingerprint density at radius 1 is 1.37 bits per heavy atom. The molecule has 1 fully saturated rings. The van der Waals surface area contributed by atoms with Gasteiger partial charge in [0.1, 0.15) is 17.1 Å². The maximum atomic E-state index is 10.4. The van der Waals surface area contributed by atoms with E-state index in [9.17, 15) is 5.11 Å². The van der Waals surface area contributed by atoms with Crippen molar-refractivity contribution in [1.82, 2.24) is 0 Å². The largest absolute Gasteiger partial charge is 0.497 e. The van der Waals surface area contributed by atoms with Crippen LogP contribution in [0.4, 0.5) is 0 Å². The molecule has 3 atom stereocenters. The van der Waals surface area contributed by atoms with Crippen LogP contribution in [-0.4, -0.2) is 17.8 Å². The molecule has 1 aromatic rings. The van der Waals surface area contributed by atoms with Crippen LogP contribution in [0.1, 0.15) is 50.7 Å². The highest BCUT2D eigenvalue weighted by molar-refractivity contribution is 5.44. The van der Waals surface area contributed by atoms with Crippen molar-refractivity contribution >= 4 is 0 Å². The number of benzene rings is 1. The molecule has 1 aromatic carbocycles. The average Bonchev–Trinajstić information content (AvgIpc) is 2.37. The van der Waals surface area contributed by atoms with E-state index in [-0.39, 0.29) is 5.60 Å². The first-order valence-electron chi connectivity index (χ1n) is 7.17. The molecule has 0 aromatic heterocycles. The maximum Gasteiger partial charge on any atom is 0.129 e. The fraction of sp³-hybridized carbons (Fsp3) is 0.625. The van der Waals surface area contributed by atoms with Crippen molar-refractivity contribution in [1.29, 1.82) is 0 Å². The number of ether oxygens (including phenoxy) is 2. The van der Waals surface area contributed by atoms with Crippen LogP contribution >= 0.6 is 0 Å². The Morgan fingerprint density at radius 3 is 2.95 bits per heavy atom. The third-order valence-electron chi connectivity index (χ3n) is 4.52. The molecule has 1 aliphatic carbocycles. The average molecular weight is 262 g/mol. The third kappa shape index (κ3) is 2.32. The summed E-state index contributed by atoms with van der Waals surface area (Å²) in [7, 11) is 1.65. The van der Waals surface area contributed by atoms with E-state index in [0.29, 0.717) is 5.92 Å². The molecule has 3 nitrogen and oxygen atoms in total. The predicted molar refractivity (Wildman–Crippen MR) is 73.6 cm³/mol. The van der Waals surface area contributed by atoms with Crippen LogP contribution in [0.3, 0.4) is 0 Å². The summed E-state index contributed by atoms with van der Waals surface area (Å²) in [6.07, 6.45) is 4.85. The second-order valence-electron chi connectivity index (χ2n) is 6.11. The lowest BCUT2D eigenvalue weighted by molar-refractivity contribution is -0.0497. The molecule has 0 radical (unpaired) electrons. The minimum absolute atomic E-state index is 0.170. The fourth-order valence-electron chi connectivity index (χ4n) is 3.63. The van der Waals surface area contributed by atoms with Gasteiger partial charge in [0.2, 0.25) is 0 Å². The summed E-state index contributed by atoms with van der Waals surface area (Å²) in [5.41, 5.74) is 0.723. The Kier molecular flexibility index (Phi) is 3.17. The van der Waals surface area contributed by atoms with Gasteiger partial charge in [0.25, 0.3) is 0 Å². The molecular formula is C16H22O3. The lowest BCUT2D eigenvalue weighted by atomic mass is 9.74.